The summed E-state index contributed by atoms with van der Waals surface area (Å²) in [6, 6.07) is 23.8. The van der Waals surface area contributed by atoms with Gasteiger partial charge in [0.2, 0.25) is 0 Å². The predicted molar refractivity (Wildman–Crippen MR) is 172 cm³/mol. The fourth-order valence-electron chi connectivity index (χ4n) is 5.57. The van der Waals surface area contributed by atoms with Crippen LogP contribution in [-0.2, 0) is 33.2 Å². The van der Waals surface area contributed by atoms with Gasteiger partial charge in [0.15, 0.2) is 24.8 Å². The molecule has 0 bridgehead atoms. The molecule has 0 aliphatic carbocycles. The SMILES string of the molecule is CCCO[C@H]1[C@@H](O)[C@@H](CO)O[C@@H](O[C@@H]2[C@H](OC(=O)c3ccccc3)[C@@H](OC(=O)c3ccccc3)[C@@H](O)O[C@@H]2COC(=O)c2ccccc2)[C@@H]1O. The number of hydrogen-bond acceptors (Lipinski definition) is 14. The number of esters is 3. The molecular formula is C36H40O14. The van der Waals surface area contributed by atoms with Crippen molar-refractivity contribution in [2.45, 2.75) is 74.8 Å². The summed E-state index contributed by atoms with van der Waals surface area (Å²) in [4.78, 5) is 39.7. The van der Waals surface area contributed by atoms with E-state index >= 15 is 0 Å². The molecule has 5 rings (SSSR count). The lowest BCUT2D eigenvalue weighted by Crippen LogP contribution is -2.66. The third-order valence-electron chi connectivity index (χ3n) is 8.13. The van der Waals surface area contributed by atoms with Crippen LogP contribution in [0.5, 0.6) is 0 Å². The molecule has 2 aliphatic heterocycles. The summed E-state index contributed by atoms with van der Waals surface area (Å²) in [5, 5.41) is 43.3. The minimum absolute atomic E-state index is 0.109. The number of hydrogen-bond donors (Lipinski definition) is 4. The highest BCUT2D eigenvalue weighted by molar-refractivity contribution is 5.90. The maximum Gasteiger partial charge on any atom is 0.338 e. The predicted octanol–water partition coefficient (Wildman–Crippen LogP) is 1.63. The van der Waals surface area contributed by atoms with Crippen molar-refractivity contribution in [1.82, 2.24) is 0 Å². The van der Waals surface area contributed by atoms with Crippen LogP contribution in [0, 0.1) is 0 Å². The van der Waals surface area contributed by atoms with Gasteiger partial charge in [-0.1, -0.05) is 61.5 Å². The highest BCUT2D eigenvalue weighted by Crippen LogP contribution is 2.33. The quantitative estimate of drug-likeness (QED) is 0.149. The lowest BCUT2D eigenvalue weighted by Gasteiger charge is -2.47. The summed E-state index contributed by atoms with van der Waals surface area (Å²) in [6.45, 7) is 0.722. The summed E-state index contributed by atoms with van der Waals surface area (Å²) in [6.07, 6.45) is -15.0. The van der Waals surface area contributed by atoms with Gasteiger partial charge in [0, 0.05) is 6.61 Å². The molecule has 50 heavy (non-hydrogen) atoms. The van der Waals surface area contributed by atoms with Gasteiger partial charge in [-0.05, 0) is 42.8 Å². The Morgan fingerprint density at radius 1 is 0.640 bits per heavy atom. The minimum atomic E-state index is -1.93. The van der Waals surface area contributed by atoms with Gasteiger partial charge in [-0.15, -0.1) is 0 Å². The number of aliphatic hydroxyl groups is 4. The summed E-state index contributed by atoms with van der Waals surface area (Å²) in [7, 11) is 0. The second-order valence-corrected chi connectivity index (χ2v) is 11.6. The van der Waals surface area contributed by atoms with E-state index in [1.807, 2.05) is 6.92 Å². The third kappa shape index (κ3) is 8.91. The Morgan fingerprint density at radius 2 is 1.16 bits per heavy atom. The molecule has 0 saturated carbocycles. The molecule has 2 saturated heterocycles. The first kappa shape index (κ1) is 37.0. The second kappa shape index (κ2) is 17.6. The monoisotopic (exact) mass is 696 g/mol. The largest absolute Gasteiger partial charge is 0.459 e. The van der Waals surface area contributed by atoms with Gasteiger partial charge < -0.3 is 53.6 Å². The van der Waals surface area contributed by atoms with Crippen LogP contribution in [0.4, 0.5) is 0 Å². The Morgan fingerprint density at radius 3 is 1.68 bits per heavy atom. The van der Waals surface area contributed by atoms with Crippen LogP contribution in [0.1, 0.15) is 44.4 Å². The molecule has 0 amide bonds. The van der Waals surface area contributed by atoms with Crippen molar-refractivity contribution in [2.75, 3.05) is 19.8 Å². The first-order valence-corrected chi connectivity index (χ1v) is 16.2. The Kier molecular flexibility index (Phi) is 13.0. The van der Waals surface area contributed by atoms with E-state index in [2.05, 4.69) is 0 Å². The van der Waals surface area contributed by atoms with E-state index < -0.39 is 92.5 Å². The van der Waals surface area contributed by atoms with Crippen molar-refractivity contribution in [3.05, 3.63) is 108 Å². The third-order valence-corrected chi connectivity index (χ3v) is 8.13. The molecule has 0 aromatic heterocycles. The molecule has 268 valence electrons. The Balaban J connectivity index is 1.50. The lowest BCUT2D eigenvalue weighted by atomic mass is 9.96. The minimum Gasteiger partial charge on any atom is -0.459 e. The highest BCUT2D eigenvalue weighted by atomic mass is 16.7. The Hall–Kier alpha value is -4.25. The topological polar surface area (TPSA) is 197 Å². The Bertz CT molecular complexity index is 1520. The molecule has 10 atom stereocenters. The number of aliphatic hydroxyl groups excluding tert-OH is 4. The van der Waals surface area contributed by atoms with Crippen molar-refractivity contribution in [3.63, 3.8) is 0 Å². The average molecular weight is 697 g/mol. The summed E-state index contributed by atoms with van der Waals surface area (Å²) in [5.41, 5.74) is 0.439. The van der Waals surface area contributed by atoms with Crippen molar-refractivity contribution < 1.29 is 68.0 Å². The molecule has 3 aromatic carbocycles. The molecule has 2 fully saturated rings. The lowest BCUT2D eigenvalue weighted by molar-refractivity contribution is -0.356. The van der Waals surface area contributed by atoms with Crippen LogP contribution < -0.4 is 0 Å². The molecule has 14 heteroatoms. The van der Waals surface area contributed by atoms with Crippen LogP contribution in [0.3, 0.4) is 0 Å². The van der Waals surface area contributed by atoms with Crippen molar-refractivity contribution >= 4 is 17.9 Å². The van der Waals surface area contributed by atoms with Gasteiger partial charge in [0.05, 0.1) is 23.3 Å². The highest BCUT2D eigenvalue weighted by Gasteiger charge is 2.54. The maximum atomic E-state index is 13.5. The van der Waals surface area contributed by atoms with E-state index in [1.54, 1.807) is 54.6 Å². The molecule has 14 nitrogen and oxygen atoms in total. The van der Waals surface area contributed by atoms with Gasteiger partial charge in [-0.25, -0.2) is 14.4 Å². The number of carbonyl (C=O) groups is 3. The van der Waals surface area contributed by atoms with Crippen molar-refractivity contribution in [1.29, 1.82) is 0 Å². The van der Waals surface area contributed by atoms with E-state index in [1.165, 1.54) is 36.4 Å². The van der Waals surface area contributed by atoms with E-state index in [-0.39, 0.29) is 23.3 Å². The summed E-state index contributed by atoms with van der Waals surface area (Å²) in [5.74, 6) is -2.53. The fourth-order valence-corrected chi connectivity index (χ4v) is 5.57. The van der Waals surface area contributed by atoms with Crippen LogP contribution in [0.15, 0.2) is 91.0 Å². The number of carbonyl (C=O) groups excluding carboxylic acids is 3. The van der Waals surface area contributed by atoms with Gasteiger partial charge in [0.1, 0.15) is 43.2 Å². The zero-order chi connectivity index (χ0) is 35.6. The zero-order valence-electron chi connectivity index (χ0n) is 27.1. The summed E-state index contributed by atoms with van der Waals surface area (Å²) >= 11 is 0. The molecule has 4 N–H and O–H groups in total. The van der Waals surface area contributed by atoms with Gasteiger partial charge >= 0.3 is 17.9 Å². The second-order valence-electron chi connectivity index (χ2n) is 11.6. The normalized spacial score (nSPS) is 29.5. The van der Waals surface area contributed by atoms with Gasteiger partial charge in [-0.3, -0.25) is 0 Å². The zero-order valence-corrected chi connectivity index (χ0v) is 27.1. The molecule has 0 unspecified atom stereocenters. The smallest absolute Gasteiger partial charge is 0.338 e. The number of ether oxygens (including phenoxy) is 7. The summed E-state index contributed by atoms with van der Waals surface area (Å²) < 4.78 is 40.5. The number of benzene rings is 3. The van der Waals surface area contributed by atoms with Crippen LogP contribution in [-0.4, -0.2) is 120 Å². The van der Waals surface area contributed by atoms with Crippen LogP contribution >= 0.6 is 0 Å². The first-order chi connectivity index (χ1) is 24.2. The van der Waals surface area contributed by atoms with Crippen molar-refractivity contribution in [3.8, 4) is 0 Å². The molecule has 0 radical (unpaired) electrons. The van der Waals surface area contributed by atoms with Crippen LogP contribution in [0.2, 0.25) is 0 Å². The van der Waals surface area contributed by atoms with E-state index in [0.717, 1.165) is 0 Å². The molecule has 2 aliphatic rings. The van der Waals surface area contributed by atoms with Gasteiger partial charge in [-0.2, -0.15) is 0 Å². The average Bonchev–Trinajstić information content (AvgIpc) is 3.15. The molecule has 0 spiro atoms. The fraction of sp³-hybridized carbons (Fsp3) is 0.417. The van der Waals surface area contributed by atoms with Crippen LogP contribution in [0.25, 0.3) is 0 Å². The van der Waals surface area contributed by atoms with E-state index in [9.17, 15) is 34.8 Å². The maximum absolute atomic E-state index is 13.5. The molecule has 3 aromatic rings. The molecular weight excluding hydrogens is 656 g/mol. The van der Waals surface area contributed by atoms with Gasteiger partial charge in [0.25, 0.3) is 0 Å². The van der Waals surface area contributed by atoms with E-state index in [4.69, 9.17) is 33.2 Å². The Labute approximate surface area is 288 Å². The molecule has 2 heterocycles. The first-order valence-electron chi connectivity index (χ1n) is 16.2. The number of rotatable bonds is 13. The van der Waals surface area contributed by atoms with Crippen molar-refractivity contribution in [2.24, 2.45) is 0 Å². The van der Waals surface area contributed by atoms with E-state index in [0.29, 0.717) is 6.42 Å². The standard InChI is InChI=1S/C36H40O14/c1-2-18-44-29-26(38)24(19-37)47-36(27(29)39)50-28-25(20-45-32(40)21-12-6-3-7-13-21)46-35(43)31(49-34(42)23-16-10-5-11-17-23)30(28)48-33(41)22-14-8-4-9-15-22/h3-17,24-31,35-39,43H,2,18-20H2,1H3/t24-,25-,26+,27-,28+,29+,30+,31-,35+,36+/m1/s1.